The van der Waals surface area contributed by atoms with Gasteiger partial charge in [0.25, 0.3) is 5.56 Å². The largest absolute Gasteiger partial charge is 0.489 e. The monoisotopic (exact) mass is 430 g/mol. The maximum absolute atomic E-state index is 12.8. The van der Waals surface area contributed by atoms with E-state index in [-0.39, 0.29) is 5.56 Å². The number of thiophene rings is 1. The van der Waals surface area contributed by atoms with Gasteiger partial charge in [0.2, 0.25) is 0 Å². The highest BCUT2D eigenvalue weighted by molar-refractivity contribution is 7.18. The Labute approximate surface area is 185 Å². The summed E-state index contributed by atoms with van der Waals surface area (Å²) >= 11 is 1.68. The Hall–Kier alpha value is -2.92. The van der Waals surface area contributed by atoms with Crippen molar-refractivity contribution in [3.8, 4) is 17.1 Å². The van der Waals surface area contributed by atoms with Crippen LogP contribution in [0.5, 0.6) is 5.75 Å². The molecule has 0 spiro atoms. The number of H-pyrrole nitrogens is 1. The first-order valence-corrected chi connectivity index (χ1v) is 11.7. The highest BCUT2D eigenvalue weighted by Gasteiger charge is 2.20. The van der Waals surface area contributed by atoms with E-state index in [2.05, 4.69) is 37.9 Å². The number of nitrogens with zero attached hydrogens (tertiary/aromatic N) is 1. The number of ether oxygens (including phenoxy) is 1. The maximum Gasteiger partial charge on any atom is 0.260 e. The first-order chi connectivity index (χ1) is 15.0. The molecular formula is C26H26N2O2S. The van der Waals surface area contributed by atoms with Crippen molar-refractivity contribution in [2.75, 3.05) is 0 Å². The van der Waals surface area contributed by atoms with Crippen molar-refractivity contribution in [3.05, 3.63) is 79.4 Å². The lowest BCUT2D eigenvalue weighted by molar-refractivity contribution is 0.304. The number of benzene rings is 2. The Morgan fingerprint density at radius 1 is 1.03 bits per heavy atom. The summed E-state index contributed by atoms with van der Waals surface area (Å²) in [5.41, 5.74) is 7.09. The van der Waals surface area contributed by atoms with E-state index in [1.54, 1.807) is 11.3 Å². The van der Waals surface area contributed by atoms with Crippen molar-refractivity contribution < 1.29 is 4.74 Å². The van der Waals surface area contributed by atoms with Gasteiger partial charge in [-0.25, -0.2) is 4.98 Å². The molecule has 0 saturated heterocycles. The molecule has 0 bridgehead atoms. The van der Waals surface area contributed by atoms with Crippen molar-refractivity contribution >= 4 is 21.6 Å². The van der Waals surface area contributed by atoms with E-state index in [1.165, 1.54) is 39.1 Å². The second-order valence-corrected chi connectivity index (χ2v) is 9.58. The smallest absolute Gasteiger partial charge is 0.260 e. The van der Waals surface area contributed by atoms with E-state index in [9.17, 15) is 4.79 Å². The highest BCUT2D eigenvalue weighted by atomic mass is 32.1. The van der Waals surface area contributed by atoms with Crippen molar-refractivity contribution in [2.24, 2.45) is 0 Å². The number of aromatic nitrogens is 2. The molecule has 4 nitrogen and oxygen atoms in total. The second-order valence-electron chi connectivity index (χ2n) is 8.50. The van der Waals surface area contributed by atoms with Crippen LogP contribution in [0.3, 0.4) is 0 Å². The van der Waals surface area contributed by atoms with E-state index in [4.69, 9.17) is 9.72 Å². The first-order valence-electron chi connectivity index (χ1n) is 10.8. The van der Waals surface area contributed by atoms with Gasteiger partial charge in [0.05, 0.1) is 5.39 Å². The van der Waals surface area contributed by atoms with Gasteiger partial charge in [0.1, 0.15) is 23.0 Å². The fraction of sp³-hybridized carbons (Fsp3) is 0.308. The van der Waals surface area contributed by atoms with Crippen LogP contribution in [0.25, 0.3) is 21.6 Å². The first kappa shape index (κ1) is 20.0. The number of fused-ring (bicyclic) bond motifs is 3. The molecule has 1 aliphatic carbocycles. The van der Waals surface area contributed by atoms with Gasteiger partial charge >= 0.3 is 0 Å². The lowest BCUT2D eigenvalue weighted by atomic mass is 9.97. The summed E-state index contributed by atoms with van der Waals surface area (Å²) in [7, 11) is 0. The lowest BCUT2D eigenvalue weighted by Crippen LogP contribution is -2.11. The number of hydrogen-bond acceptors (Lipinski definition) is 4. The van der Waals surface area contributed by atoms with Crippen LogP contribution in [0.4, 0.5) is 0 Å². The van der Waals surface area contributed by atoms with Crippen molar-refractivity contribution in [1.82, 2.24) is 9.97 Å². The molecule has 0 saturated carbocycles. The van der Waals surface area contributed by atoms with Crippen LogP contribution in [-0.2, 0) is 19.4 Å². The summed E-state index contributed by atoms with van der Waals surface area (Å²) in [6.45, 7) is 6.91. The third-order valence-electron chi connectivity index (χ3n) is 6.18. The Bertz CT molecular complexity index is 1310. The SMILES string of the molecule is Cc1cc(C)c(COc2ccc(-c3nc4sc5c(c4c(=O)[nH]3)CCCC5)cc2)c(C)c1. The second kappa shape index (κ2) is 7.97. The van der Waals surface area contributed by atoms with Crippen LogP contribution in [0, 0.1) is 20.8 Å². The standard InChI is InChI=1S/C26H26N2O2S/c1-15-12-16(2)21(17(3)13-15)14-30-19-10-8-18(9-11-19)24-27-25(29)23-20-6-4-5-7-22(20)31-26(23)28-24/h8-13H,4-7,14H2,1-3H3,(H,27,28,29). The Morgan fingerprint density at radius 3 is 2.48 bits per heavy atom. The molecule has 0 aliphatic heterocycles. The molecule has 0 amide bonds. The van der Waals surface area contributed by atoms with Gasteiger partial charge in [-0.1, -0.05) is 17.7 Å². The van der Waals surface area contributed by atoms with Gasteiger partial charge in [0, 0.05) is 10.4 Å². The van der Waals surface area contributed by atoms with E-state index in [0.29, 0.717) is 12.4 Å². The number of hydrogen-bond donors (Lipinski definition) is 1. The molecule has 158 valence electrons. The quantitative estimate of drug-likeness (QED) is 0.430. The summed E-state index contributed by atoms with van der Waals surface area (Å²) in [5.74, 6) is 1.42. The molecule has 5 rings (SSSR count). The van der Waals surface area contributed by atoms with Gasteiger partial charge in [-0.15, -0.1) is 11.3 Å². The van der Waals surface area contributed by atoms with Gasteiger partial charge in [-0.05, 0) is 93.0 Å². The van der Waals surface area contributed by atoms with Crippen molar-refractivity contribution in [2.45, 2.75) is 53.1 Å². The number of rotatable bonds is 4. The Morgan fingerprint density at radius 2 is 1.74 bits per heavy atom. The summed E-state index contributed by atoms with van der Waals surface area (Å²) < 4.78 is 6.04. The summed E-state index contributed by atoms with van der Waals surface area (Å²) in [5, 5.41) is 0.798. The van der Waals surface area contributed by atoms with Crippen LogP contribution in [-0.4, -0.2) is 9.97 Å². The number of nitrogens with one attached hydrogen (secondary N) is 1. The van der Waals surface area contributed by atoms with E-state index in [1.807, 2.05) is 24.3 Å². The Balaban J connectivity index is 1.39. The average Bonchev–Trinajstić information content (AvgIpc) is 3.12. The lowest BCUT2D eigenvalue weighted by Gasteiger charge is -2.13. The molecule has 0 unspecified atom stereocenters. The van der Waals surface area contributed by atoms with Crippen LogP contribution in [0.15, 0.2) is 41.2 Å². The van der Waals surface area contributed by atoms with Gasteiger partial charge < -0.3 is 9.72 Å². The van der Waals surface area contributed by atoms with Crippen LogP contribution >= 0.6 is 11.3 Å². The minimum atomic E-state index is -0.0231. The summed E-state index contributed by atoms with van der Waals surface area (Å²) in [6, 6.07) is 12.2. The average molecular weight is 431 g/mol. The van der Waals surface area contributed by atoms with Gasteiger partial charge in [-0.3, -0.25) is 4.79 Å². The zero-order valence-corrected chi connectivity index (χ0v) is 19.0. The van der Waals surface area contributed by atoms with Crippen molar-refractivity contribution in [3.63, 3.8) is 0 Å². The molecule has 0 radical (unpaired) electrons. The predicted octanol–water partition coefficient (Wildman–Crippen LogP) is 6.03. The van der Waals surface area contributed by atoms with Gasteiger partial charge in [0.15, 0.2) is 0 Å². The van der Waals surface area contributed by atoms with Crippen LogP contribution in [0.1, 0.15) is 45.5 Å². The fourth-order valence-electron chi connectivity index (χ4n) is 4.60. The molecule has 2 aromatic carbocycles. The number of aryl methyl sites for hydroxylation is 5. The molecule has 4 aromatic rings. The molecular weight excluding hydrogens is 404 g/mol. The normalized spacial score (nSPS) is 13.4. The predicted molar refractivity (Wildman–Crippen MR) is 127 cm³/mol. The molecule has 1 aliphatic rings. The molecule has 2 aromatic heterocycles. The highest BCUT2D eigenvalue weighted by Crippen LogP contribution is 2.34. The topological polar surface area (TPSA) is 55.0 Å². The van der Waals surface area contributed by atoms with E-state index >= 15 is 0 Å². The summed E-state index contributed by atoms with van der Waals surface area (Å²) in [4.78, 5) is 22.8. The third-order valence-corrected chi connectivity index (χ3v) is 7.36. The van der Waals surface area contributed by atoms with E-state index in [0.717, 1.165) is 40.8 Å². The number of aromatic amines is 1. The molecule has 5 heteroatoms. The summed E-state index contributed by atoms with van der Waals surface area (Å²) in [6.07, 6.45) is 4.42. The molecule has 1 N–H and O–H groups in total. The van der Waals surface area contributed by atoms with Crippen LogP contribution < -0.4 is 10.3 Å². The molecule has 2 heterocycles. The fourth-order valence-corrected chi connectivity index (χ4v) is 5.86. The zero-order chi connectivity index (χ0) is 21.5. The minimum Gasteiger partial charge on any atom is -0.489 e. The zero-order valence-electron chi connectivity index (χ0n) is 18.2. The van der Waals surface area contributed by atoms with Gasteiger partial charge in [-0.2, -0.15) is 0 Å². The minimum absolute atomic E-state index is 0.0231. The molecule has 0 atom stereocenters. The van der Waals surface area contributed by atoms with E-state index < -0.39 is 0 Å². The maximum atomic E-state index is 12.8. The van der Waals surface area contributed by atoms with Crippen LogP contribution in [0.2, 0.25) is 0 Å². The Kier molecular flexibility index (Phi) is 5.14. The van der Waals surface area contributed by atoms with Crippen molar-refractivity contribution in [1.29, 1.82) is 0 Å². The molecule has 31 heavy (non-hydrogen) atoms. The third kappa shape index (κ3) is 3.79. The molecule has 0 fully saturated rings.